The van der Waals surface area contributed by atoms with Gasteiger partial charge in [-0.15, -0.1) is 0 Å². The van der Waals surface area contributed by atoms with Gasteiger partial charge in [0.05, 0.1) is 6.04 Å². The fraction of sp³-hybridized carbons (Fsp3) is 0.929. The van der Waals surface area contributed by atoms with E-state index in [4.69, 9.17) is 10.9 Å². The van der Waals surface area contributed by atoms with Crippen LogP contribution < -0.4 is 5.73 Å². The highest BCUT2D eigenvalue weighted by molar-refractivity contribution is 5.85. The maximum Gasteiger partial charge on any atom is 0.156 e. The molecule has 1 heterocycles. The lowest BCUT2D eigenvalue weighted by Gasteiger charge is -2.46. The molecule has 2 rings (SSSR count). The van der Waals surface area contributed by atoms with Crippen LogP contribution in [0.2, 0.25) is 0 Å². The van der Waals surface area contributed by atoms with Gasteiger partial charge in [-0.1, -0.05) is 31.3 Å². The summed E-state index contributed by atoms with van der Waals surface area (Å²) in [5.41, 5.74) is 6.41. The zero-order valence-corrected chi connectivity index (χ0v) is 11.6. The minimum Gasteiger partial charge on any atom is -0.409 e. The summed E-state index contributed by atoms with van der Waals surface area (Å²) < 4.78 is 0. The lowest BCUT2D eigenvalue weighted by molar-refractivity contribution is 0.0569. The van der Waals surface area contributed by atoms with Crippen molar-refractivity contribution in [2.24, 2.45) is 16.3 Å². The number of nitrogens with zero attached hydrogens (tertiary/aromatic N) is 2. The van der Waals surface area contributed by atoms with E-state index in [9.17, 15) is 0 Å². The molecule has 104 valence electrons. The quantitative estimate of drug-likeness (QED) is 0.352. The van der Waals surface area contributed by atoms with E-state index in [2.05, 4.69) is 17.0 Å². The van der Waals surface area contributed by atoms with Gasteiger partial charge in [-0.25, -0.2) is 0 Å². The zero-order valence-electron chi connectivity index (χ0n) is 11.6. The van der Waals surface area contributed by atoms with Crippen molar-refractivity contribution in [3.8, 4) is 0 Å². The molecule has 2 fully saturated rings. The molecule has 0 aromatic heterocycles. The van der Waals surface area contributed by atoms with Gasteiger partial charge in [-0.05, 0) is 50.6 Å². The van der Waals surface area contributed by atoms with Gasteiger partial charge in [0.15, 0.2) is 5.84 Å². The lowest BCUT2D eigenvalue weighted by atomic mass is 9.68. The van der Waals surface area contributed by atoms with Crippen molar-refractivity contribution in [2.75, 3.05) is 13.1 Å². The summed E-state index contributed by atoms with van der Waals surface area (Å²) in [6.45, 7) is 4.32. The number of rotatable bonds is 3. The molecule has 0 amide bonds. The first-order valence-electron chi connectivity index (χ1n) is 7.42. The fourth-order valence-corrected chi connectivity index (χ4v) is 3.83. The van der Waals surface area contributed by atoms with E-state index < -0.39 is 0 Å². The van der Waals surface area contributed by atoms with Crippen LogP contribution in [0.3, 0.4) is 0 Å². The molecule has 1 aliphatic carbocycles. The second kappa shape index (κ2) is 5.91. The minimum atomic E-state index is 0.121. The van der Waals surface area contributed by atoms with E-state index in [1.165, 1.54) is 44.9 Å². The zero-order chi connectivity index (χ0) is 13.0. The summed E-state index contributed by atoms with van der Waals surface area (Å²) >= 11 is 0. The number of hydrogen-bond acceptors (Lipinski definition) is 3. The first-order valence-corrected chi connectivity index (χ1v) is 7.42. The van der Waals surface area contributed by atoms with Crippen LogP contribution in [0.25, 0.3) is 0 Å². The van der Waals surface area contributed by atoms with Crippen molar-refractivity contribution in [1.29, 1.82) is 0 Å². The average Bonchev–Trinajstić information content (AvgIpc) is 2.42. The largest absolute Gasteiger partial charge is 0.409 e. The Kier molecular flexibility index (Phi) is 4.49. The van der Waals surface area contributed by atoms with Gasteiger partial charge in [-0.2, -0.15) is 0 Å². The van der Waals surface area contributed by atoms with E-state index in [1.54, 1.807) is 0 Å². The predicted molar refractivity (Wildman–Crippen MR) is 73.8 cm³/mol. The maximum atomic E-state index is 8.85. The molecule has 4 nitrogen and oxygen atoms in total. The molecular formula is C14H27N3O. The molecule has 18 heavy (non-hydrogen) atoms. The normalized spacial score (nSPS) is 27.3. The Balaban J connectivity index is 1.92. The summed E-state index contributed by atoms with van der Waals surface area (Å²) in [7, 11) is 0. The molecule has 1 atom stereocenters. The van der Waals surface area contributed by atoms with Crippen molar-refractivity contribution < 1.29 is 5.21 Å². The average molecular weight is 253 g/mol. The second-order valence-corrected chi connectivity index (χ2v) is 6.05. The predicted octanol–water partition coefficient (Wildman–Crippen LogP) is 2.56. The molecule has 1 aliphatic heterocycles. The third-order valence-corrected chi connectivity index (χ3v) is 5.06. The van der Waals surface area contributed by atoms with Crippen molar-refractivity contribution in [3.63, 3.8) is 0 Å². The second-order valence-electron chi connectivity index (χ2n) is 6.05. The van der Waals surface area contributed by atoms with Crippen molar-refractivity contribution in [2.45, 2.75) is 64.3 Å². The van der Waals surface area contributed by atoms with E-state index >= 15 is 0 Å². The molecule has 1 spiro atoms. The van der Waals surface area contributed by atoms with E-state index in [1.807, 2.05) is 0 Å². The van der Waals surface area contributed by atoms with Gasteiger partial charge in [0.1, 0.15) is 0 Å². The molecular weight excluding hydrogens is 226 g/mol. The standard InChI is InChI=1S/C14H27N3O/c1-2-12(13(15)16-18)17-10-8-14(9-11-17)6-4-3-5-7-14/h12,18H,2-11H2,1H3,(H2,15,16). The van der Waals surface area contributed by atoms with Gasteiger partial charge < -0.3 is 10.9 Å². The van der Waals surface area contributed by atoms with Crippen LogP contribution in [-0.2, 0) is 0 Å². The van der Waals surface area contributed by atoms with E-state index in [0.717, 1.165) is 19.5 Å². The van der Waals surface area contributed by atoms with Crippen molar-refractivity contribution in [3.05, 3.63) is 0 Å². The Morgan fingerprint density at radius 2 is 1.83 bits per heavy atom. The maximum absolute atomic E-state index is 8.85. The monoisotopic (exact) mass is 253 g/mol. The Bertz CT molecular complexity index is 287. The third-order valence-electron chi connectivity index (χ3n) is 5.06. The molecule has 0 radical (unpaired) electrons. The molecule has 0 bridgehead atoms. The highest BCUT2D eigenvalue weighted by Gasteiger charge is 2.37. The van der Waals surface area contributed by atoms with Crippen LogP contribution in [0.1, 0.15) is 58.3 Å². The fourth-order valence-electron chi connectivity index (χ4n) is 3.83. The summed E-state index contributed by atoms with van der Waals surface area (Å²) in [6.07, 6.45) is 10.6. The lowest BCUT2D eigenvalue weighted by Crippen LogP contribution is -2.50. The molecule has 1 saturated carbocycles. The number of hydrogen-bond donors (Lipinski definition) is 2. The Hall–Kier alpha value is -0.770. The smallest absolute Gasteiger partial charge is 0.156 e. The van der Waals surface area contributed by atoms with Crippen molar-refractivity contribution >= 4 is 5.84 Å². The van der Waals surface area contributed by atoms with E-state index in [0.29, 0.717) is 11.3 Å². The van der Waals surface area contributed by atoms with Crippen molar-refractivity contribution in [1.82, 2.24) is 4.90 Å². The summed E-state index contributed by atoms with van der Waals surface area (Å²) in [6, 6.07) is 0.121. The first kappa shape index (κ1) is 13.7. The molecule has 4 heteroatoms. The molecule has 1 saturated heterocycles. The Morgan fingerprint density at radius 1 is 1.22 bits per heavy atom. The number of likely N-dealkylation sites (tertiary alicyclic amines) is 1. The first-order chi connectivity index (χ1) is 8.71. The molecule has 0 aromatic rings. The molecule has 2 aliphatic rings. The summed E-state index contributed by atoms with van der Waals surface area (Å²) in [5.74, 6) is 0.372. The van der Waals surface area contributed by atoms with Crippen LogP contribution in [0.5, 0.6) is 0 Å². The van der Waals surface area contributed by atoms with Crippen LogP contribution in [0.4, 0.5) is 0 Å². The summed E-state index contributed by atoms with van der Waals surface area (Å²) in [4.78, 5) is 2.40. The van der Waals surface area contributed by atoms with Crippen LogP contribution in [0.15, 0.2) is 5.16 Å². The SMILES string of the molecule is CCC(C(N)=NO)N1CCC2(CCCCC2)CC1. The number of piperidine rings is 1. The van der Waals surface area contributed by atoms with Crippen LogP contribution >= 0.6 is 0 Å². The van der Waals surface area contributed by atoms with Gasteiger partial charge in [-0.3, -0.25) is 4.90 Å². The van der Waals surface area contributed by atoms with Gasteiger partial charge in [0, 0.05) is 0 Å². The Labute approximate surface area is 110 Å². The molecule has 0 aromatic carbocycles. The van der Waals surface area contributed by atoms with Crippen LogP contribution in [0, 0.1) is 5.41 Å². The van der Waals surface area contributed by atoms with Gasteiger partial charge >= 0.3 is 0 Å². The molecule has 3 N–H and O–H groups in total. The molecule has 1 unspecified atom stereocenters. The summed E-state index contributed by atoms with van der Waals surface area (Å²) in [5, 5.41) is 12.0. The van der Waals surface area contributed by atoms with Gasteiger partial charge in [0.25, 0.3) is 0 Å². The third kappa shape index (κ3) is 2.79. The van der Waals surface area contributed by atoms with Gasteiger partial charge in [0.2, 0.25) is 0 Å². The highest BCUT2D eigenvalue weighted by Crippen LogP contribution is 2.44. The topological polar surface area (TPSA) is 61.9 Å². The van der Waals surface area contributed by atoms with Crippen LogP contribution in [-0.4, -0.2) is 35.1 Å². The highest BCUT2D eigenvalue weighted by atomic mass is 16.4. The number of amidine groups is 1. The van der Waals surface area contributed by atoms with E-state index in [-0.39, 0.29) is 6.04 Å². The number of oxime groups is 1. The Morgan fingerprint density at radius 3 is 2.33 bits per heavy atom. The minimum absolute atomic E-state index is 0.121. The number of nitrogens with two attached hydrogens (primary N) is 1.